The summed E-state index contributed by atoms with van der Waals surface area (Å²) in [5, 5.41) is 8.78. The molecule has 1 atom stereocenters. The number of methoxy groups -OCH3 is 1. The van der Waals surface area contributed by atoms with Crippen LogP contribution in [0.2, 0.25) is 0 Å². The standard InChI is InChI=1S/C10H10O3/c1-13-7-2-3-8-6(4-7)5-9(8)10(11)12/h2-4,9H,5H2,1H3,(H,11,12)/t9-/m0/s1. The molecule has 0 aromatic heterocycles. The second-order valence-corrected chi connectivity index (χ2v) is 3.16. The highest BCUT2D eigenvalue weighted by atomic mass is 16.5. The first-order valence-electron chi connectivity index (χ1n) is 4.12. The molecule has 0 aliphatic heterocycles. The van der Waals surface area contributed by atoms with E-state index in [0.717, 1.165) is 16.9 Å². The third kappa shape index (κ3) is 1.16. The fourth-order valence-corrected chi connectivity index (χ4v) is 1.64. The number of carbonyl (C=O) groups is 1. The lowest BCUT2D eigenvalue weighted by Gasteiger charge is -2.26. The van der Waals surface area contributed by atoms with Crippen molar-refractivity contribution in [2.24, 2.45) is 0 Å². The summed E-state index contributed by atoms with van der Waals surface area (Å²) in [7, 11) is 1.61. The van der Waals surface area contributed by atoms with Crippen LogP contribution in [0.3, 0.4) is 0 Å². The number of fused-ring (bicyclic) bond motifs is 1. The minimum Gasteiger partial charge on any atom is -0.497 e. The topological polar surface area (TPSA) is 46.5 Å². The molecule has 68 valence electrons. The maximum Gasteiger partial charge on any atom is 0.311 e. The Morgan fingerprint density at radius 3 is 2.92 bits per heavy atom. The summed E-state index contributed by atoms with van der Waals surface area (Å²) in [5.74, 6) is -0.249. The number of benzene rings is 1. The van der Waals surface area contributed by atoms with Gasteiger partial charge in [-0.05, 0) is 29.7 Å². The summed E-state index contributed by atoms with van der Waals surface area (Å²) in [4.78, 5) is 10.7. The van der Waals surface area contributed by atoms with Gasteiger partial charge in [0.25, 0.3) is 0 Å². The molecule has 1 N–H and O–H groups in total. The second kappa shape index (κ2) is 2.76. The highest BCUT2D eigenvalue weighted by Gasteiger charge is 2.32. The lowest BCUT2D eigenvalue weighted by molar-refractivity contribution is -0.139. The zero-order valence-electron chi connectivity index (χ0n) is 7.28. The van der Waals surface area contributed by atoms with Gasteiger partial charge in [-0.3, -0.25) is 4.79 Å². The maximum absolute atomic E-state index is 10.7. The van der Waals surface area contributed by atoms with Crippen LogP contribution in [0.5, 0.6) is 5.75 Å². The first-order chi connectivity index (χ1) is 6.22. The smallest absolute Gasteiger partial charge is 0.311 e. The molecule has 1 aliphatic rings. The van der Waals surface area contributed by atoms with E-state index in [1.54, 1.807) is 13.2 Å². The van der Waals surface area contributed by atoms with E-state index in [1.807, 2.05) is 12.1 Å². The van der Waals surface area contributed by atoms with Crippen molar-refractivity contribution in [3.63, 3.8) is 0 Å². The Morgan fingerprint density at radius 1 is 1.62 bits per heavy atom. The van der Waals surface area contributed by atoms with Crippen molar-refractivity contribution in [1.29, 1.82) is 0 Å². The highest BCUT2D eigenvalue weighted by molar-refractivity contribution is 5.80. The van der Waals surface area contributed by atoms with Crippen molar-refractivity contribution >= 4 is 5.97 Å². The monoisotopic (exact) mass is 178 g/mol. The zero-order chi connectivity index (χ0) is 9.42. The second-order valence-electron chi connectivity index (χ2n) is 3.16. The number of carboxylic acid groups (broad SMARTS) is 1. The van der Waals surface area contributed by atoms with Crippen LogP contribution in [-0.4, -0.2) is 18.2 Å². The van der Waals surface area contributed by atoms with Crippen LogP contribution in [0.1, 0.15) is 17.0 Å². The predicted molar refractivity (Wildman–Crippen MR) is 47.1 cm³/mol. The average molecular weight is 178 g/mol. The Labute approximate surface area is 76.0 Å². The van der Waals surface area contributed by atoms with E-state index in [9.17, 15) is 4.79 Å². The molecular weight excluding hydrogens is 168 g/mol. The molecule has 13 heavy (non-hydrogen) atoms. The number of rotatable bonds is 2. The molecule has 1 aromatic carbocycles. The fourth-order valence-electron chi connectivity index (χ4n) is 1.64. The molecule has 1 aromatic rings. The van der Waals surface area contributed by atoms with Gasteiger partial charge < -0.3 is 9.84 Å². The van der Waals surface area contributed by atoms with Gasteiger partial charge in [-0.1, -0.05) is 6.07 Å². The van der Waals surface area contributed by atoms with E-state index in [-0.39, 0.29) is 5.92 Å². The number of ether oxygens (including phenoxy) is 1. The van der Waals surface area contributed by atoms with Crippen LogP contribution >= 0.6 is 0 Å². The molecule has 0 heterocycles. The summed E-state index contributed by atoms with van der Waals surface area (Å²) in [6.45, 7) is 0. The number of hydrogen-bond acceptors (Lipinski definition) is 2. The molecular formula is C10H10O3. The summed E-state index contributed by atoms with van der Waals surface area (Å²) < 4.78 is 5.03. The van der Waals surface area contributed by atoms with Crippen LogP contribution < -0.4 is 4.74 Å². The van der Waals surface area contributed by atoms with Crippen molar-refractivity contribution in [2.75, 3.05) is 7.11 Å². The third-order valence-electron chi connectivity index (χ3n) is 2.45. The Balaban J connectivity index is 2.30. The quantitative estimate of drug-likeness (QED) is 0.745. The van der Waals surface area contributed by atoms with Crippen LogP contribution in [0, 0.1) is 0 Å². The van der Waals surface area contributed by atoms with Crippen LogP contribution in [0.25, 0.3) is 0 Å². The van der Waals surface area contributed by atoms with E-state index in [4.69, 9.17) is 9.84 Å². The molecule has 0 spiro atoms. The molecule has 0 amide bonds. The van der Waals surface area contributed by atoms with Crippen molar-refractivity contribution < 1.29 is 14.6 Å². The van der Waals surface area contributed by atoms with Gasteiger partial charge in [0.15, 0.2) is 0 Å². The fraction of sp³-hybridized carbons (Fsp3) is 0.300. The van der Waals surface area contributed by atoms with E-state index >= 15 is 0 Å². The van der Waals surface area contributed by atoms with Gasteiger partial charge in [0, 0.05) is 0 Å². The van der Waals surface area contributed by atoms with Crippen molar-refractivity contribution in [1.82, 2.24) is 0 Å². The number of carboxylic acids is 1. The molecule has 3 nitrogen and oxygen atoms in total. The van der Waals surface area contributed by atoms with Crippen LogP contribution in [0.4, 0.5) is 0 Å². The zero-order valence-corrected chi connectivity index (χ0v) is 7.28. The minimum absolute atomic E-state index is 0.305. The SMILES string of the molecule is COc1ccc2c(c1)C[C@@H]2C(=O)O. The summed E-state index contributed by atoms with van der Waals surface area (Å²) in [5.41, 5.74) is 2.01. The first kappa shape index (κ1) is 8.10. The third-order valence-corrected chi connectivity index (χ3v) is 2.45. The molecule has 0 radical (unpaired) electrons. The molecule has 0 fully saturated rings. The lowest BCUT2D eigenvalue weighted by atomic mass is 9.77. The van der Waals surface area contributed by atoms with Crippen LogP contribution in [-0.2, 0) is 11.2 Å². The molecule has 2 rings (SSSR count). The van der Waals surface area contributed by atoms with Gasteiger partial charge in [-0.15, -0.1) is 0 Å². The van der Waals surface area contributed by atoms with Gasteiger partial charge in [-0.2, -0.15) is 0 Å². The molecule has 3 heteroatoms. The number of hydrogen-bond donors (Lipinski definition) is 1. The Morgan fingerprint density at radius 2 is 2.38 bits per heavy atom. The lowest BCUT2D eigenvalue weighted by Crippen LogP contribution is -2.24. The Hall–Kier alpha value is -1.51. The van der Waals surface area contributed by atoms with E-state index in [0.29, 0.717) is 6.42 Å². The Bertz CT molecular complexity index is 357. The summed E-state index contributed by atoms with van der Waals surface area (Å²) >= 11 is 0. The Kier molecular flexibility index (Phi) is 1.72. The number of aliphatic carboxylic acids is 1. The molecule has 0 saturated heterocycles. The van der Waals surface area contributed by atoms with E-state index < -0.39 is 5.97 Å². The van der Waals surface area contributed by atoms with E-state index in [2.05, 4.69) is 0 Å². The van der Waals surface area contributed by atoms with Gasteiger partial charge in [0.1, 0.15) is 5.75 Å². The average Bonchev–Trinajstić information content (AvgIpc) is 2.06. The first-order valence-corrected chi connectivity index (χ1v) is 4.12. The van der Waals surface area contributed by atoms with Crippen molar-refractivity contribution in [2.45, 2.75) is 12.3 Å². The van der Waals surface area contributed by atoms with Crippen molar-refractivity contribution in [3.8, 4) is 5.75 Å². The molecule has 0 saturated carbocycles. The van der Waals surface area contributed by atoms with Gasteiger partial charge in [0.05, 0.1) is 13.0 Å². The minimum atomic E-state index is -0.738. The van der Waals surface area contributed by atoms with Gasteiger partial charge >= 0.3 is 5.97 Å². The predicted octanol–water partition coefficient (Wildman–Crippen LogP) is 1.42. The molecule has 0 unspecified atom stereocenters. The van der Waals surface area contributed by atoms with Gasteiger partial charge in [-0.25, -0.2) is 0 Å². The van der Waals surface area contributed by atoms with E-state index in [1.165, 1.54) is 0 Å². The van der Waals surface area contributed by atoms with Gasteiger partial charge in [0.2, 0.25) is 0 Å². The summed E-state index contributed by atoms with van der Waals surface area (Å²) in [6.07, 6.45) is 0.627. The molecule has 0 bridgehead atoms. The maximum atomic E-state index is 10.7. The normalized spacial score (nSPS) is 18.7. The van der Waals surface area contributed by atoms with Crippen molar-refractivity contribution in [3.05, 3.63) is 29.3 Å². The highest BCUT2D eigenvalue weighted by Crippen LogP contribution is 2.37. The summed E-state index contributed by atoms with van der Waals surface area (Å²) in [6, 6.07) is 5.53. The largest absolute Gasteiger partial charge is 0.497 e. The van der Waals surface area contributed by atoms with Crippen LogP contribution in [0.15, 0.2) is 18.2 Å². The molecule has 1 aliphatic carbocycles.